The van der Waals surface area contributed by atoms with Crippen LogP contribution in [0.5, 0.6) is 11.5 Å². The van der Waals surface area contributed by atoms with Gasteiger partial charge in [0, 0.05) is 88.8 Å². The van der Waals surface area contributed by atoms with Crippen LogP contribution in [0.15, 0.2) is 225 Å². The van der Waals surface area contributed by atoms with Crippen molar-refractivity contribution in [3.63, 3.8) is 0 Å². The van der Waals surface area contributed by atoms with Crippen molar-refractivity contribution in [2.45, 2.75) is 26.2 Å². The normalized spacial score (nSPS) is 12.7. The Morgan fingerprint density at radius 1 is 0.434 bits per heavy atom. The van der Waals surface area contributed by atoms with Gasteiger partial charge in [0.05, 0.1) is 0 Å². The van der Waals surface area contributed by atoms with E-state index < -0.39 is 0 Å². The first kappa shape index (κ1) is 45.8. The van der Waals surface area contributed by atoms with Gasteiger partial charge in [-0.15, -0.1) is 41.9 Å². The van der Waals surface area contributed by atoms with Crippen LogP contribution in [0.4, 0.5) is 22.7 Å². The van der Waals surface area contributed by atoms with Crippen LogP contribution in [0.25, 0.3) is 104 Å². The van der Waals surface area contributed by atoms with E-state index in [4.69, 9.17) is 9.72 Å². The molecule has 2 aliphatic rings. The van der Waals surface area contributed by atoms with Crippen LogP contribution in [0, 0.1) is 18.8 Å². The second kappa shape index (κ2) is 17.7. The molecule has 0 N–H and O–H groups in total. The fraction of sp³-hybridized carbons (Fsp3) is 0.0571. The molecule has 5 heterocycles. The van der Waals surface area contributed by atoms with Gasteiger partial charge in [0.25, 0.3) is 0 Å². The Kier molecular flexibility index (Phi) is 10.7. The van der Waals surface area contributed by atoms with Crippen molar-refractivity contribution in [3.05, 3.63) is 249 Å². The fourth-order valence-corrected chi connectivity index (χ4v) is 11.9. The van der Waals surface area contributed by atoms with E-state index in [1.807, 2.05) is 12.1 Å². The van der Waals surface area contributed by atoms with Crippen molar-refractivity contribution in [1.82, 2.24) is 9.38 Å². The van der Waals surface area contributed by atoms with Crippen LogP contribution in [-0.4, -0.2) is 9.38 Å². The number of ether oxygens (including phenoxy) is 1. The van der Waals surface area contributed by atoms with Crippen molar-refractivity contribution in [2.75, 3.05) is 9.80 Å². The Morgan fingerprint density at radius 2 is 0.947 bits per heavy atom. The summed E-state index contributed by atoms with van der Waals surface area (Å²) in [5.41, 5.74) is 17.2. The minimum Gasteiger partial charge on any atom is -0.509 e. The molecule has 0 saturated carbocycles. The van der Waals surface area contributed by atoms with Crippen molar-refractivity contribution >= 4 is 82.5 Å². The van der Waals surface area contributed by atoms with Crippen LogP contribution in [-0.2, 0) is 26.5 Å². The summed E-state index contributed by atoms with van der Waals surface area (Å²) < 4.78 is 9.36. The summed E-state index contributed by atoms with van der Waals surface area (Å²) in [6.45, 7) is 9.01. The Labute approximate surface area is 455 Å². The molecule has 0 aliphatic carbocycles. The number of fused-ring (bicyclic) bond motifs is 15. The van der Waals surface area contributed by atoms with Crippen molar-refractivity contribution < 1.29 is 25.8 Å². The number of hydrogen-bond donors (Lipinski definition) is 0. The molecule has 0 unspecified atom stereocenters. The Bertz CT molecular complexity index is 4480. The molecule has 0 saturated heterocycles. The van der Waals surface area contributed by atoms with Crippen LogP contribution in [0.3, 0.4) is 0 Å². The van der Waals surface area contributed by atoms with Crippen LogP contribution < -0.4 is 14.5 Å². The van der Waals surface area contributed by atoms with Gasteiger partial charge in [-0.1, -0.05) is 220 Å². The molecule has 0 amide bonds. The maximum Gasteiger partial charge on any atom is 0.143 e. The first-order valence-electron chi connectivity index (χ1n) is 25.7. The molecule has 3 aromatic heterocycles. The summed E-state index contributed by atoms with van der Waals surface area (Å²) in [4.78, 5) is 10.1. The van der Waals surface area contributed by atoms with E-state index in [0.717, 1.165) is 105 Å². The van der Waals surface area contributed by atoms with Crippen molar-refractivity contribution in [1.29, 1.82) is 0 Å². The molecule has 15 rings (SSSR count). The maximum absolute atomic E-state index is 7.03. The average molecular weight is 1160 g/mol. The molecule has 13 aromatic rings. The molecule has 0 radical (unpaired) electrons. The number of para-hydroxylation sites is 3. The van der Waals surface area contributed by atoms with Crippen molar-refractivity contribution in [3.8, 4) is 56.0 Å². The molecule has 0 bridgehead atoms. The van der Waals surface area contributed by atoms with Gasteiger partial charge in [-0.2, -0.15) is 12.1 Å². The molecular weight excluding hydrogens is 1110 g/mol. The Hall–Kier alpha value is -8.76. The molecule has 2 aliphatic heterocycles. The fourth-order valence-electron chi connectivity index (χ4n) is 11.9. The largest absolute Gasteiger partial charge is 0.509 e. The molecule has 5 nitrogen and oxygen atoms in total. The summed E-state index contributed by atoms with van der Waals surface area (Å²) in [5.74, 6) is 1.17. The van der Waals surface area contributed by atoms with Gasteiger partial charge in [0.15, 0.2) is 0 Å². The number of anilines is 4. The predicted molar refractivity (Wildman–Crippen MR) is 311 cm³/mol. The molecular formula is C70H47N4OPt-3. The monoisotopic (exact) mass is 1150 g/mol. The van der Waals surface area contributed by atoms with Crippen LogP contribution >= 0.6 is 0 Å². The average Bonchev–Trinajstić information content (AvgIpc) is 3.99. The number of aromatic nitrogens is 2. The van der Waals surface area contributed by atoms with Crippen molar-refractivity contribution in [2.24, 2.45) is 0 Å². The minimum absolute atomic E-state index is 0. The first-order chi connectivity index (χ1) is 36.9. The third-order valence-corrected chi connectivity index (χ3v) is 15.4. The second-order valence-electron chi connectivity index (χ2n) is 20.8. The molecule has 0 atom stereocenters. The number of pyridine rings is 1. The summed E-state index contributed by atoms with van der Waals surface area (Å²) in [7, 11) is 0. The molecule has 0 spiro atoms. The molecule has 366 valence electrons. The van der Waals surface area contributed by atoms with E-state index in [1.165, 1.54) is 27.3 Å². The number of rotatable bonds is 5. The van der Waals surface area contributed by atoms with Gasteiger partial charge in [-0.25, -0.2) is 4.98 Å². The number of benzene rings is 10. The number of hydrogen-bond acceptors (Lipinski definition) is 4. The molecule has 76 heavy (non-hydrogen) atoms. The van der Waals surface area contributed by atoms with E-state index >= 15 is 0 Å². The third kappa shape index (κ3) is 7.06. The third-order valence-electron chi connectivity index (χ3n) is 15.4. The zero-order chi connectivity index (χ0) is 49.9. The summed E-state index contributed by atoms with van der Waals surface area (Å²) >= 11 is 0. The van der Waals surface area contributed by atoms with E-state index in [2.05, 4.69) is 266 Å². The summed E-state index contributed by atoms with van der Waals surface area (Å²) in [5, 5.41) is 9.07. The van der Waals surface area contributed by atoms with Gasteiger partial charge < -0.3 is 18.9 Å². The molecule has 6 heteroatoms. The van der Waals surface area contributed by atoms with Crippen LogP contribution in [0.1, 0.15) is 26.3 Å². The number of nitrogens with zero attached hydrogens (tertiary/aromatic N) is 4. The van der Waals surface area contributed by atoms with Gasteiger partial charge in [0.1, 0.15) is 5.65 Å². The van der Waals surface area contributed by atoms with E-state index in [9.17, 15) is 0 Å². The molecule has 10 aromatic carbocycles. The van der Waals surface area contributed by atoms with Gasteiger partial charge in [-0.05, 0) is 66.7 Å². The summed E-state index contributed by atoms with van der Waals surface area (Å²) in [6.07, 6.45) is 2.05. The predicted octanol–water partition coefficient (Wildman–Crippen LogP) is 18.7. The SMILES string of the molecule is CC(C)(C)c1cnc2c(c1)c1ccccc1c1ccccc1c1cccc3c4ccc(Oc5[c-]c6c(cc5)-c5ccccc5-c5cccc7c5N6[CH-]N7c5c(-c6ccccc6)cccc5-c5ccccc5)[c-]c4n2c13.[Pt]. The topological polar surface area (TPSA) is 33.0 Å². The Morgan fingerprint density at radius 3 is 1.62 bits per heavy atom. The van der Waals surface area contributed by atoms with Gasteiger partial charge in [-0.3, -0.25) is 0 Å². The quantitative estimate of drug-likeness (QED) is 0.161. The smallest absolute Gasteiger partial charge is 0.143 e. The van der Waals surface area contributed by atoms with E-state index in [-0.39, 0.29) is 26.5 Å². The van der Waals surface area contributed by atoms with Gasteiger partial charge >= 0.3 is 0 Å². The van der Waals surface area contributed by atoms with E-state index in [1.54, 1.807) is 0 Å². The first-order valence-corrected chi connectivity index (χ1v) is 25.7. The van der Waals surface area contributed by atoms with Gasteiger partial charge in [0.2, 0.25) is 0 Å². The molecule has 0 fully saturated rings. The van der Waals surface area contributed by atoms with E-state index in [0.29, 0.717) is 11.5 Å². The maximum atomic E-state index is 7.03. The zero-order valence-corrected chi connectivity index (χ0v) is 44.2. The standard InChI is InChI=1S/C70H47N4O.Pt/c1-70(2,3)46-39-62-56-28-15-11-24-52(56)51-23-10-13-26-54(51)59-31-17-32-61-58-38-36-48(41-65(58)74(67(59)61)69(62)71-42-46)75-47-35-37-57-53-25-12-14-27-55(53)60-33-18-34-63-68(60)73(64(57)40-47)43-72(63)66-49(44-19-6-4-7-20-44)29-16-30-50(66)45-21-8-5-9-22-45;/h4-39,42-43H,1-3H3;/q-3;. The second-order valence-corrected chi connectivity index (χ2v) is 20.8. The minimum atomic E-state index is -0.120. The summed E-state index contributed by atoms with van der Waals surface area (Å²) in [6, 6.07) is 86.1. The zero-order valence-electron chi connectivity index (χ0n) is 42.0. The van der Waals surface area contributed by atoms with Crippen LogP contribution in [0.2, 0.25) is 0 Å². The Balaban J connectivity index is 0.00000528.